The molecule has 3 fully saturated rings. The van der Waals surface area contributed by atoms with Gasteiger partial charge in [-0.1, -0.05) is 44.2 Å². The highest BCUT2D eigenvalue weighted by atomic mass is 16.6. The molecule has 15 nitrogen and oxygen atoms in total. The Morgan fingerprint density at radius 2 is 1.84 bits per heavy atom. The molecule has 1 amide bonds. The van der Waals surface area contributed by atoms with E-state index in [9.17, 15) is 19.5 Å². The number of benzene rings is 2. The van der Waals surface area contributed by atoms with Crippen LogP contribution in [0.1, 0.15) is 84.2 Å². The Labute approximate surface area is 377 Å². The number of hydrogen-bond acceptors (Lipinski definition) is 13. The van der Waals surface area contributed by atoms with Gasteiger partial charge in [0, 0.05) is 75.9 Å². The summed E-state index contributed by atoms with van der Waals surface area (Å²) in [5, 5.41) is 14.4. The van der Waals surface area contributed by atoms with Crippen molar-refractivity contribution in [3.05, 3.63) is 71.5 Å². The van der Waals surface area contributed by atoms with Gasteiger partial charge in [0.1, 0.15) is 17.7 Å². The second kappa shape index (κ2) is 20.1. The molecule has 0 radical (unpaired) electrons. The zero-order valence-electron chi connectivity index (χ0n) is 38.8. The molecular weight excluding hydrogens is 815 g/mol. The van der Waals surface area contributed by atoms with Gasteiger partial charge in [-0.3, -0.25) is 15.3 Å². The quantitative estimate of drug-likeness (QED) is 0.0869. The molecule has 0 saturated carbocycles. The van der Waals surface area contributed by atoms with Gasteiger partial charge in [0.05, 0.1) is 48.6 Å². The number of ether oxygens (including phenoxy) is 4. The Hall–Kier alpha value is -4.90. The predicted octanol–water partition coefficient (Wildman–Crippen LogP) is 5.94. The number of esters is 2. The third-order valence-corrected chi connectivity index (χ3v) is 12.5. The predicted molar refractivity (Wildman–Crippen MR) is 247 cm³/mol. The van der Waals surface area contributed by atoms with Gasteiger partial charge in [0.25, 0.3) is 0 Å². The van der Waals surface area contributed by atoms with Gasteiger partial charge in [-0.2, -0.15) is 0 Å². The number of piperazine rings is 1. The molecule has 7 rings (SSSR count). The summed E-state index contributed by atoms with van der Waals surface area (Å²) in [5.74, 6) is -1.58. The molecule has 4 aromatic rings. The Morgan fingerprint density at radius 3 is 2.56 bits per heavy atom. The van der Waals surface area contributed by atoms with Crippen LogP contribution >= 0.6 is 0 Å². The summed E-state index contributed by atoms with van der Waals surface area (Å²) in [5.41, 5.74) is 13.3. The largest absolute Gasteiger partial charge is 0.444 e. The Kier molecular flexibility index (Phi) is 14.8. The molecule has 2 aromatic carbocycles. The van der Waals surface area contributed by atoms with Crippen LogP contribution in [0.25, 0.3) is 33.3 Å². The molecule has 3 saturated heterocycles. The molecule has 346 valence electrons. The number of hydrazine groups is 1. The summed E-state index contributed by atoms with van der Waals surface area (Å²) in [6.07, 6.45) is 2.82. The van der Waals surface area contributed by atoms with Crippen molar-refractivity contribution in [1.29, 1.82) is 0 Å². The number of carbonyl (C=O) groups is 3. The van der Waals surface area contributed by atoms with E-state index >= 15 is 0 Å². The maximum absolute atomic E-state index is 13.6. The van der Waals surface area contributed by atoms with Gasteiger partial charge in [0.2, 0.25) is 0 Å². The summed E-state index contributed by atoms with van der Waals surface area (Å²) >= 11 is 0. The van der Waals surface area contributed by atoms with E-state index in [1.807, 2.05) is 37.4 Å². The zero-order valence-corrected chi connectivity index (χ0v) is 38.8. The number of nitrogens with zero attached hydrogens (tertiary/aromatic N) is 4. The van der Waals surface area contributed by atoms with Crippen molar-refractivity contribution in [2.45, 2.75) is 111 Å². The summed E-state index contributed by atoms with van der Waals surface area (Å²) in [6.45, 7) is 20.1. The molecule has 64 heavy (non-hydrogen) atoms. The van der Waals surface area contributed by atoms with E-state index in [4.69, 9.17) is 23.9 Å². The highest BCUT2D eigenvalue weighted by Crippen LogP contribution is 2.43. The molecule has 0 aliphatic carbocycles. The third-order valence-electron chi connectivity index (χ3n) is 12.5. The van der Waals surface area contributed by atoms with Gasteiger partial charge in [0.15, 0.2) is 0 Å². The average molecular weight is 882 g/mol. The van der Waals surface area contributed by atoms with Crippen LogP contribution in [0.3, 0.4) is 0 Å². The molecule has 5 heterocycles. The normalized spacial score (nSPS) is 19.5. The van der Waals surface area contributed by atoms with Crippen LogP contribution in [0.5, 0.6) is 0 Å². The molecule has 0 spiro atoms. The van der Waals surface area contributed by atoms with Crippen LogP contribution in [0, 0.1) is 5.41 Å². The lowest BCUT2D eigenvalue weighted by molar-refractivity contribution is -0.163. The molecular formula is C49H67N7O8. The monoisotopic (exact) mass is 882 g/mol. The van der Waals surface area contributed by atoms with Crippen molar-refractivity contribution in [3.8, 4) is 22.4 Å². The lowest BCUT2D eigenvalue weighted by atomic mass is 9.84. The summed E-state index contributed by atoms with van der Waals surface area (Å²) in [6, 6.07) is 15.0. The van der Waals surface area contributed by atoms with E-state index in [2.05, 4.69) is 75.6 Å². The van der Waals surface area contributed by atoms with Crippen LogP contribution in [0.15, 0.2) is 54.7 Å². The molecule has 4 atom stereocenters. The number of carbonyl (C=O) groups excluding carboxylic acids is 3. The first-order chi connectivity index (χ1) is 30.6. The SMILES string of the molecule is CCn1c(-c2cc(N3CCN4CCOC[C@@H]4C3)cnc2[C@H](C)OC)c(CC(C)(C)CO)c2cc(-c3cccc(C[C@H](NC(=O)OC(C)(C)C)C(=O)OC(=O)C4CCCNN4)c3)ccc21. The maximum atomic E-state index is 13.6. The standard InChI is InChI=1S/C49H67N7O8/c1-9-56-42-16-15-34(33-13-10-12-32(22-33)23-41(52-47(60)64-48(3,4)5)46(59)63-45(58)40-14-11-17-51-53-40)24-37(42)39(26-49(6,7)30-57)44(56)38-25-35(27-50-43(38)31(2)61-8)55-19-18-54-20-21-62-29-36(54)28-55/h10,12-13,15-16,22,24-25,27,31,36,40-41,51,53,57H,9,11,14,17-21,23,26,28-30H2,1-8H3,(H,52,60)/t31-,36-,40?,41-/m0/s1. The summed E-state index contributed by atoms with van der Waals surface area (Å²) in [4.78, 5) is 49.7. The topological polar surface area (TPSA) is 169 Å². The fraction of sp³-hybridized carbons (Fsp3) is 0.551. The van der Waals surface area contributed by atoms with Crippen LogP contribution < -0.4 is 21.1 Å². The number of pyridine rings is 1. The number of aromatic nitrogens is 2. The van der Waals surface area contributed by atoms with E-state index < -0.39 is 41.1 Å². The molecule has 0 bridgehead atoms. The first kappa shape index (κ1) is 47.1. The number of rotatable bonds is 14. The van der Waals surface area contributed by atoms with Crippen LogP contribution in [-0.2, 0) is 47.9 Å². The molecule has 1 unspecified atom stereocenters. The van der Waals surface area contributed by atoms with Crippen molar-refractivity contribution >= 4 is 34.6 Å². The van der Waals surface area contributed by atoms with Crippen molar-refractivity contribution in [2.24, 2.45) is 5.41 Å². The number of nitrogens with one attached hydrogen (secondary N) is 3. The number of hydrogen-bond donors (Lipinski definition) is 4. The number of fused-ring (bicyclic) bond motifs is 2. The lowest BCUT2D eigenvalue weighted by Crippen LogP contribution is -2.58. The first-order valence-corrected chi connectivity index (χ1v) is 22.8. The van der Waals surface area contributed by atoms with Gasteiger partial charge in [-0.25, -0.2) is 19.8 Å². The Morgan fingerprint density at radius 1 is 1.05 bits per heavy atom. The van der Waals surface area contributed by atoms with Gasteiger partial charge >= 0.3 is 18.0 Å². The van der Waals surface area contributed by atoms with Crippen molar-refractivity contribution < 1.29 is 38.4 Å². The number of morpholine rings is 1. The Bertz CT molecular complexity index is 2300. The number of aliphatic hydroxyl groups excluding tert-OH is 1. The van der Waals surface area contributed by atoms with E-state index in [0.29, 0.717) is 32.0 Å². The molecule has 15 heteroatoms. The third kappa shape index (κ3) is 11.0. The number of alkyl carbamates (subject to hydrolysis) is 1. The second-order valence-electron chi connectivity index (χ2n) is 19.1. The fourth-order valence-electron chi connectivity index (χ4n) is 9.03. The van der Waals surface area contributed by atoms with E-state index in [1.54, 1.807) is 27.9 Å². The van der Waals surface area contributed by atoms with E-state index in [1.165, 1.54) is 0 Å². The number of amides is 1. The van der Waals surface area contributed by atoms with Gasteiger partial charge in [-0.15, -0.1) is 0 Å². The molecule has 3 aliphatic rings. The average Bonchev–Trinajstić information content (AvgIpc) is 3.59. The van der Waals surface area contributed by atoms with E-state index in [-0.39, 0.29) is 19.1 Å². The second-order valence-corrected chi connectivity index (χ2v) is 19.1. The van der Waals surface area contributed by atoms with Crippen LogP contribution in [-0.4, -0.2) is 121 Å². The lowest BCUT2D eigenvalue weighted by Gasteiger charge is -2.44. The minimum absolute atomic E-state index is 0.000911. The highest BCUT2D eigenvalue weighted by molar-refractivity contribution is 5.96. The first-order valence-electron chi connectivity index (χ1n) is 22.8. The Balaban J connectivity index is 1.27. The smallest absolute Gasteiger partial charge is 0.408 e. The maximum Gasteiger partial charge on any atom is 0.408 e. The van der Waals surface area contributed by atoms with Crippen LogP contribution in [0.4, 0.5) is 10.5 Å². The van der Waals surface area contributed by atoms with Gasteiger partial charge in [-0.05, 0) is 99.7 Å². The number of methoxy groups -OCH3 is 1. The molecule has 2 aromatic heterocycles. The van der Waals surface area contributed by atoms with Gasteiger partial charge < -0.3 is 38.8 Å². The van der Waals surface area contributed by atoms with Crippen molar-refractivity contribution in [2.75, 3.05) is 64.6 Å². The number of aryl methyl sites for hydroxylation is 1. The molecule has 4 N–H and O–H groups in total. The van der Waals surface area contributed by atoms with E-state index in [0.717, 1.165) is 102 Å². The number of aliphatic hydroxyl groups is 1. The highest BCUT2D eigenvalue weighted by Gasteiger charge is 2.34. The van der Waals surface area contributed by atoms with Crippen molar-refractivity contribution in [1.82, 2.24) is 30.6 Å². The van der Waals surface area contributed by atoms with Crippen LogP contribution in [0.2, 0.25) is 0 Å². The number of anilines is 1. The van der Waals surface area contributed by atoms with Crippen molar-refractivity contribution in [3.63, 3.8) is 0 Å². The summed E-state index contributed by atoms with van der Waals surface area (Å²) < 4.78 is 25.0. The zero-order chi connectivity index (χ0) is 45.8. The minimum atomic E-state index is -1.20. The summed E-state index contributed by atoms with van der Waals surface area (Å²) in [7, 11) is 1.71. The molecule has 3 aliphatic heterocycles. The fourth-order valence-corrected chi connectivity index (χ4v) is 9.03. The minimum Gasteiger partial charge on any atom is -0.444 e.